The van der Waals surface area contributed by atoms with E-state index in [9.17, 15) is 4.79 Å². The number of carbonyl (C=O) groups excluding carboxylic acids is 1. The highest BCUT2D eigenvalue weighted by atomic mass is 16.7. The smallest absolute Gasteiger partial charge is 0.449 e. The number of benzene rings is 1. The standard InChI is InChI=1S/C23H33BN2O4/c1-22(2)17-10-18(22)20-23(3,11-17)30-24(29-20)19(9-15-7-5-4-6-8-15)26-21(27)28-14-16-12-25-13-16/h4-8,16-20,25H,9-14H2,1-3H3,(H,26,27)/t17-,18+,19?,20-,23+/m0/s1. The molecule has 5 fully saturated rings. The third-order valence-electron chi connectivity index (χ3n) is 8.08. The minimum absolute atomic E-state index is 0.0830. The molecule has 5 aliphatic rings. The van der Waals surface area contributed by atoms with Gasteiger partial charge in [0.1, 0.15) is 0 Å². The Morgan fingerprint density at radius 3 is 2.73 bits per heavy atom. The molecule has 5 atom stereocenters. The molecule has 2 heterocycles. The van der Waals surface area contributed by atoms with E-state index in [4.69, 9.17) is 14.0 Å². The van der Waals surface area contributed by atoms with Crippen LogP contribution in [0.5, 0.6) is 0 Å². The van der Waals surface area contributed by atoms with E-state index in [1.807, 2.05) is 18.2 Å². The van der Waals surface area contributed by atoms with Gasteiger partial charge in [-0.15, -0.1) is 0 Å². The molecular weight excluding hydrogens is 379 g/mol. The fraction of sp³-hybridized carbons (Fsp3) is 0.696. The average molecular weight is 412 g/mol. The number of alkyl carbamates (subject to hydrolysis) is 1. The largest absolute Gasteiger partial charge is 0.482 e. The molecule has 1 amide bonds. The number of rotatable bonds is 6. The van der Waals surface area contributed by atoms with Crippen LogP contribution in [0, 0.1) is 23.2 Å². The van der Waals surface area contributed by atoms with Crippen molar-refractivity contribution in [3.63, 3.8) is 0 Å². The summed E-state index contributed by atoms with van der Waals surface area (Å²) in [7, 11) is -0.465. The van der Waals surface area contributed by atoms with Crippen LogP contribution in [0.15, 0.2) is 30.3 Å². The molecule has 2 saturated heterocycles. The number of ether oxygens (including phenoxy) is 1. The number of hydrogen-bond acceptors (Lipinski definition) is 5. The predicted octanol–water partition coefficient (Wildman–Crippen LogP) is 2.81. The predicted molar refractivity (Wildman–Crippen MR) is 115 cm³/mol. The van der Waals surface area contributed by atoms with Gasteiger partial charge in [-0.25, -0.2) is 4.79 Å². The Kier molecular flexibility index (Phi) is 5.11. The first-order valence-electron chi connectivity index (χ1n) is 11.4. The van der Waals surface area contributed by atoms with Gasteiger partial charge in [0.15, 0.2) is 0 Å². The van der Waals surface area contributed by atoms with Gasteiger partial charge in [0.05, 0.1) is 24.3 Å². The van der Waals surface area contributed by atoms with Crippen molar-refractivity contribution in [2.75, 3.05) is 19.7 Å². The molecule has 3 aliphatic carbocycles. The van der Waals surface area contributed by atoms with Gasteiger partial charge in [0, 0.05) is 19.0 Å². The first kappa shape index (κ1) is 20.3. The maximum absolute atomic E-state index is 12.5. The minimum atomic E-state index is -0.465. The van der Waals surface area contributed by atoms with Crippen molar-refractivity contribution in [3.05, 3.63) is 35.9 Å². The van der Waals surface area contributed by atoms with E-state index >= 15 is 0 Å². The van der Waals surface area contributed by atoms with Crippen LogP contribution in [0.1, 0.15) is 39.2 Å². The molecule has 0 spiro atoms. The number of amides is 1. The lowest BCUT2D eigenvalue weighted by Gasteiger charge is -2.63. The van der Waals surface area contributed by atoms with Crippen LogP contribution >= 0.6 is 0 Å². The lowest BCUT2D eigenvalue weighted by Crippen LogP contribution is -2.63. The fourth-order valence-electron chi connectivity index (χ4n) is 5.85. The molecule has 3 saturated carbocycles. The number of nitrogens with one attached hydrogen (secondary N) is 2. The average Bonchev–Trinajstić information content (AvgIpc) is 3.04. The van der Waals surface area contributed by atoms with Gasteiger partial charge < -0.3 is 24.7 Å². The molecule has 2 aliphatic heterocycles. The van der Waals surface area contributed by atoms with E-state index in [0.29, 0.717) is 36.2 Å². The molecule has 1 aromatic carbocycles. The fourth-order valence-corrected chi connectivity index (χ4v) is 5.85. The topological polar surface area (TPSA) is 68.8 Å². The highest BCUT2D eigenvalue weighted by Crippen LogP contribution is 2.64. The molecule has 1 aromatic rings. The number of hydrogen-bond donors (Lipinski definition) is 2. The quantitative estimate of drug-likeness (QED) is 0.704. The molecule has 7 heteroatoms. The molecule has 6 nitrogen and oxygen atoms in total. The van der Waals surface area contributed by atoms with E-state index in [1.54, 1.807) is 0 Å². The second kappa shape index (κ2) is 7.54. The van der Waals surface area contributed by atoms with Crippen molar-refractivity contribution >= 4 is 13.2 Å². The first-order chi connectivity index (χ1) is 14.3. The summed E-state index contributed by atoms with van der Waals surface area (Å²) in [5.41, 5.74) is 1.18. The van der Waals surface area contributed by atoms with E-state index in [2.05, 4.69) is 43.5 Å². The second-order valence-electron chi connectivity index (χ2n) is 10.5. The van der Waals surface area contributed by atoms with E-state index in [-0.39, 0.29) is 23.7 Å². The Labute approximate surface area is 179 Å². The number of carbonyl (C=O) groups is 1. The van der Waals surface area contributed by atoms with Crippen LogP contribution in [0.4, 0.5) is 4.79 Å². The molecule has 6 rings (SSSR count). The van der Waals surface area contributed by atoms with E-state index < -0.39 is 7.12 Å². The van der Waals surface area contributed by atoms with Crippen LogP contribution < -0.4 is 10.6 Å². The van der Waals surface area contributed by atoms with Gasteiger partial charge in [-0.3, -0.25) is 0 Å². The van der Waals surface area contributed by atoms with Crippen LogP contribution in [-0.2, 0) is 20.5 Å². The first-order valence-corrected chi connectivity index (χ1v) is 11.4. The van der Waals surface area contributed by atoms with Crippen molar-refractivity contribution in [1.29, 1.82) is 0 Å². The maximum atomic E-state index is 12.5. The molecule has 30 heavy (non-hydrogen) atoms. The molecule has 1 unspecified atom stereocenters. The summed E-state index contributed by atoms with van der Waals surface area (Å²) in [6.45, 7) is 9.17. The Balaban J connectivity index is 1.29. The molecular formula is C23H33BN2O4. The van der Waals surface area contributed by atoms with Crippen molar-refractivity contribution in [1.82, 2.24) is 10.6 Å². The van der Waals surface area contributed by atoms with Gasteiger partial charge in [0.25, 0.3) is 0 Å². The Bertz CT molecular complexity index is 787. The summed E-state index contributed by atoms with van der Waals surface area (Å²) in [6, 6.07) is 10.2. The van der Waals surface area contributed by atoms with Crippen molar-refractivity contribution in [2.24, 2.45) is 23.2 Å². The highest BCUT2D eigenvalue weighted by molar-refractivity contribution is 6.47. The normalized spacial score (nSPS) is 35.0. The Morgan fingerprint density at radius 2 is 2.07 bits per heavy atom. The Hall–Kier alpha value is -1.57. The summed E-state index contributed by atoms with van der Waals surface area (Å²) in [5.74, 6) is 1.33. The second-order valence-corrected chi connectivity index (χ2v) is 10.5. The molecule has 2 bridgehead atoms. The SMILES string of the molecule is CC1(C)[C@H]2C[C@@H]1[C@@H]1OB(C(Cc3ccccc3)NC(=O)OCC3CNC3)O[C@]1(C)C2. The zero-order chi connectivity index (χ0) is 20.9. The van der Waals surface area contributed by atoms with Crippen molar-refractivity contribution in [2.45, 2.75) is 57.7 Å². The third kappa shape index (κ3) is 3.55. The van der Waals surface area contributed by atoms with Crippen molar-refractivity contribution in [3.8, 4) is 0 Å². The summed E-state index contributed by atoms with van der Waals surface area (Å²) in [4.78, 5) is 12.5. The zero-order valence-corrected chi connectivity index (χ0v) is 18.2. The molecule has 162 valence electrons. The van der Waals surface area contributed by atoms with E-state index in [0.717, 1.165) is 25.1 Å². The van der Waals surface area contributed by atoms with Crippen LogP contribution in [0.25, 0.3) is 0 Å². The van der Waals surface area contributed by atoms with E-state index in [1.165, 1.54) is 6.42 Å². The molecule has 0 aromatic heterocycles. The summed E-state index contributed by atoms with van der Waals surface area (Å²) in [5, 5.41) is 6.25. The van der Waals surface area contributed by atoms with Crippen LogP contribution in [-0.4, -0.2) is 50.6 Å². The van der Waals surface area contributed by atoms with Gasteiger partial charge in [-0.05, 0) is 49.0 Å². The monoisotopic (exact) mass is 412 g/mol. The lowest BCUT2D eigenvalue weighted by molar-refractivity contribution is -0.185. The molecule has 2 N–H and O–H groups in total. The molecule has 0 radical (unpaired) electrons. The van der Waals surface area contributed by atoms with Gasteiger partial charge in [-0.2, -0.15) is 0 Å². The lowest BCUT2D eigenvalue weighted by atomic mass is 9.45. The van der Waals surface area contributed by atoms with Crippen LogP contribution in [0.3, 0.4) is 0 Å². The third-order valence-corrected chi connectivity index (χ3v) is 8.08. The zero-order valence-electron chi connectivity index (χ0n) is 18.2. The van der Waals surface area contributed by atoms with Crippen molar-refractivity contribution < 1.29 is 18.8 Å². The minimum Gasteiger partial charge on any atom is -0.449 e. The van der Waals surface area contributed by atoms with Gasteiger partial charge in [-0.1, -0.05) is 44.2 Å². The van der Waals surface area contributed by atoms with Crippen LogP contribution in [0.2, 0.25) is 0 Å². The van der Waals surface area contributed by atoms with Gasteiger partial charge >= 0.3 is 13.2 Å². The summed E-state index contributed by atoms with van der Waals surface area (Å²) < 4.78 is 18.6. The summed E-state index contributed by atoms with van der Waals surface area (Å²) in [6.07, 6.45) is 2.58. The maximum Gasteiger partial charge on any atom is 0.482 e. The Morgan fingerprint density at radius 1 is 1.30 bits per heavy atom. The summed E-state index contributed by atoms with van der Waals surface area (Å²) >= 11 is 0. The highest BCUT2D eigenvalue weighted by Gasteiger charge is 2.67. The van der Waals surface area contributed by atoms with Gasteiger partial charge in [0.2, 0.25) is 0 Å².